The van der Waals surface area contributed by atoms with Gasteiger partial charge in [0.2, 0.25) is 0 Å². The maximum atomic E-state index is 11.4. The predicted molar refractivity (Wildman–Crippen MR) is 75.6 cm³/mol. The number of anilines is 1. The minimum atomic E-state index is -0.861. The second-order valence-electron chi connectivity index (χ2n) is 4.20. The molecule has 1 aliphatic carbocycles. The van der Waals surface area contributed by atoms with E-state index < -0.39 is 5.97 Å². The summed E-state index contributed by atoms with van der Waals surface area (Å²) >= 11 is 1.57. The predicted octanol–water partition coefficient (Wildman–Crippen LogP) is 3.63. The summed E-state index contributed by atoms with van der Waals surface area (Å²) in [6.07, 6.45) is 6.18. The molecule has 4 heteroatoms. The number of aromatic carboxylic acids is 1. The zero-order valence-corrected chi connectivity index (χ0v) is 11.2. The third-order valence-electron chi connectivity index (χ3n) is 2.91. The van der Waals surface area contributed by atoms with Crippen molar-refractivity contribution in [1.82, 2.24) is 0 Å². The molecule has 0 radical (unpaired) electrons. The largest absolute Gasteiger partial charge is 0.478 e. The van der Waals surface area contributed by atoms with Crippen LogP contribution in [0.5, 0.6) is 0 Å². The zero-order chi connectivity index (χ0) is 13.0. The number of benzene rings is 1. The van der Waals surface area contributed by atoms with Crippen LogP contribution in [0.25, 0.3) is 0 Å². The van der Waals surface area contributed by atoms with Gasteiger partial charge in [0.05, 0.1) is 11.3 Å². The van der Waals surface area contributed by atoms with Crippen molar-refractivity contribution in [3.05, 3.63) is 35.9 Å². The Labute approximate surface area is 111 Å². The maximum Gasteiger partial charge on any atom is 0.338 e. The van der Waals surface area contributed by atoms with E-state index in [-0.39, 0.29) is 0 Å². The standard InChI is InChI=1S/C14H17NO2S/c1-2-18-12-9-5-8-11(13(12)14(16)17)15-10-6-3-4-7-10/h3-5,8-10,15H,2,6-7H2,1H3,(H,16,17). The molecule has 0 aromatic heterocycles. The second-order valence-corrected chi connectivity index (χ2v) is 5.51. The van der Waals surface area contributed by atoms with Crippen LogP contribution in [0.1, 0.15) is 30.1 Å². The van der Waals surface area contributed by atoms with Crippen molar-refractivity contribution >= 4 is 23.4 Å². The number of carboxylic acid groups (broad SMARTS) is 1. The zero-order valence-electron chi connectivity index (χ0n) is 10.3. The van der Waals surface area contributed by atoms with Gasteiger partial charge in [0.25, 0.3) is 0 Å². The molecule has 0 spiro atoms. The highest BCUT2D eigenvalue weighted by Crippen LogP contribution is 2.30. The van der Waals surface area contributed by atoms with Crippen molar-refractivity contribution in [2.45, 2.75) is 30.7 Å². The fourth-order valence-corrected chi connectivity index (χ4v) is 2.93. The average molecular weight is 263 g/mol. The molecule has 1 aromatic carbocycles. The molecular weight excluding hydrogens is 246 g/mol. The molecule has 0 heterocycles. The Kier molecular flexibility index (Phi) is 4.31. The van der Waals surface area contributed by atoms with Gasteiger partial charge in [-0.3, -0.25) is 0 Å². The van der Waals surface area contributed by atoms with Gasteiger partial charge in [-0.1, -0.05) is 25.1 Å². The second kappa shape index (κ2) is 5.96. The summed E-state index contributed by atoms with van der Waals surface area (Å²) < 4.78 is 0. The molecule has 96 valence electrons. The lowest BCUT2D eigenvalue weighted by Gasteiger charge is -2.17. The molecule has 0 saturated heterocycles. The number of hydrogen-bond donors (Lipinski definition) is 2. The third-order valence-corrected chi connectivity index (χ3v) is 3.85. The van der Waals surface area contributed by atoms with Crippen LogP contribution in [0.4, 0.5) is 5.69 Å². The first-order valence-electron chi connectivity index (χ1n) is 6.13. The molecule has 0 aliphatic heterocycles. The lowest BCUT2D eigenvalue weighted by Crippen LogP contribution is -2.17. The van der Waals surface area contributed by atoms with Crippen molar-refractivity contribution in [1.29, 1.82) is 0 Å². The van der Waals surface area contributed by atoms with E-state index in [0.29, 0.717) is 11.6 Å². The topological polar surface area (TPSA) is 49.3 Å². The molecule has 0 atom stereocenters. The van der Waals surface area contributed by atoms with E-state index in [1.807, 2.05) is 25.1 Å². The summed E-state index contributed by atoms with van der Waals surface area (Å²) in [5.74, 6) is 0.00865. The van der Waals surface area contributed by atoms with E-state index in [1.54, 1.807) is 11.8 Å². The van der Waals surface area contributed by atoms with Gasteiger partial charge in [0.15, 0.2) is 0 Å². The first-order chi connectivity index (χ1) is 8.72. The molecule has 3 nitrogen and oxygen atoms in total. The number of hydrogen-bond acceptors (Lipinski definition) is 3. The highest BCUT2D eigenvalue weighted by Gasteiger charge is 2.18. The monoisotopic (exact) mass is 263 g/mol. The summed E-state index contributed by atoms with van der Waals surface area (Å²) in [6, 6.07) is 5.96. The average Bonchev–Trinajstić information content (AvgIpc) is 2.82. The van der Waals surface area contributed by atoms with E-state index in [1.165, 1.54) is 0 Å². The van der Waals surface area contributed by atoms with Crippen LogP contribution >= 0.6 is 11.8 Å². The number of carboxylic acids is 1. The van der Waals surface area contributed by atoms with Gasteiger partial charge in [0, 0.05) is 10.9 Å². The van der Waals surface area contributed by atoms with Crippen molar-refractivity contribution < 1.29 is 9.90 Å². The van der Waals surface area contributed by atoms with E-state index in [2.05, 4.69) is 17.5 Å². The number of carbonyl (C=O) groups is 1. The van der Waals surface area contributed by atoms with Crippen LogP contribution in [-0.4, -0.2) is 22.9 Å². The summed E-state index contributed by atoms with van der Waals surface area (Å²) in [5.41, 5.74) is 1.13. The maximum absolute atomic E-state index is 11.4. The summed E-state index contributed by atoms with van der Waals surface area (Å²) in [4.78, 5) is 12.3. The van der Waals surface area contributed by atoms with E-state index in [0.717, 1.165) is 29.2 Å². The van der Waals surface area contributed by atoms with Crippen molar-refractivity contribution in [2.75, 3.05) is 11.1 Å². The van der Waals surface area contributed by atoms with Crippen molar-refractivity contribution in [3.63, 3.8) is 0 Å². The summed E-state index contributed by atoms with van der Waals surface area (Å²) in [6.45, 7) is 2.03. The number of rotatable bonds is 5. The van der Waals surface area contributed by atoms with Gasteiger partial charge in [-0.05, 0) is 30.7 Å². The van der Waals surface area contributed by atoms with Crippen LogP contribution in [0.2, 0.25) is 0 Å². The Morgan fingerprint density at radius 1 is 1.44 bits per heavy atom. The smallest absolute Gasteiger partial charge is 0.338 e. The van der Waals surface area contributed by atoms with Crippen LogP contribution in [0.15, 0.2) is 35.2 Å². The van der Waals surface area contributed by atoms with Gasteiger partial charge in [-0.2, -0.15) is 0 Å². The molecule has 2 rings (SSSR count). The Morgan fingerprint density at radius 2 is 2.17 bits per heavy atom. The first-order valence-corrected chi connectivity index (χ1v) is 7.11. The fraction of sp³-hybridized carbons (Fsp3) is 0.357. The highest BCUT2D eigenvalue weighted by molar-refractivity contribution is 7.99. The lowest BCUT2D eigenvalue weighted by atomic mass is 10.1. The van der Waals surface area contributed by atoms with Crippen LogP contribution in [-0.2, 0) is 0 Å². The normalized spacial score (nSPS) is 14.9. The van der Waals surface area contributed by atoms with E-state index in [4.69, 9.17) is 0 Å². The van der Waals surface area contributed by atoms with Crippen LogP contribution in [0, 0.1) is 0 Å². The van der Waals surface area contributed by atoms with Gasteiger partial charge >= 0.3 is 5.97 Å². The quantitative estimate of drug-likeness (QED) is 0.629. The SMILES string of the molecule is CCSc1cccc(NC2CC=CC2)c1C(=O)O. The van der Waals surface area contributed by atoms with Crippen LogP contribution in [0.3, 0.4) is 0 Å². The lowest BCUT2D eigenvalue weighted by molar-refractivity contribution is 0.0694. The van der Waals surface area contributed by atoms with Gasteiger partial charge in [-0.15, -0.1) is 11.8 Å². The fourth-order valence-electron chi connectivity index (χ4n) is 2.10. The Morgan fingerprint density at radius 3 is 2.78 bits per heavy atom. The molecule has 0 fully saturated rings. The molecule has 0 unspecified atom stereocenters. The Bertz CT molecular complexity index is 463. The molecule has 0 amide bonds. The molecule has 1 aliphatic rings. The molecular formula is C14H17NO2S. The van der Waals surface area contributed by atoms with Gasteiger partial charge in [0.1, 0.15) is 0 Å². The summed E-state index contributed by atoms with van der Waals surface area (Å²) in [7, 11) is 0. The van der Waals surface area contributed by atoms with E-state index in [9.17, 15) is 9.90 Å². The molecule has 1 aromatic rings. The minimum Gasteiger partial charge on any atom is -0.478 e. The highest BCUT2D eigenvalue weighted by atomic mass is 32.2. The van der Waals surface area contributed by atoms with E-state index >= 15 is 0 Å². The molecule has 2 N–H and O–H groups in total. The molecule has 0 bridgehead atoms. The van der Waals surface area contributed by atoms with Crippen molar-refractivity contribution in [2.24, 2.45) is 0 Å². The number of nitrogens with one attached hydrogen (secondary N) is 1. The Balaban J connectivity index is 2.27. The first kappa shape index (κ1) is 13.0. The number of thioether (sulfide) groups is 1. The molecule has 18 heavy (non-hydrogen) atoms. The van der Waals surface area contributed by atoms with Crippen LogP contribution < -0.4 is 5.32 Å². The van der Waals surface area contributed by atoms with Gasteiger partial charge in [-0.25, -0.2) is 4.79 Å². The van der Waals surface area contributed by atoms with Gasteiger partial charge < -0.3 is 10.4 Å². The third kappa shape index (κ3) is 2.88. The molecule has 0 saturated carbocycles. The Hall–Kier alpha value is -1.42. The minimum absolute atomic E-state index is 0.324. The van der Waals surface area contributed by atoms with Crippen molar-refractivity contribution in [3.8, 4) is 0 Å². The summed E-state index contributed by atoms with van der Waals surface area (Å²) in [5, 5.41) is 12.7.